The molecule has 112 valence electrons. The van der Waals surface area contributed by atoms with E-state index in [9.17, 15) is 0 Å². The van der Waals surface area contributed by atoms with Crippen LogP contribution in [-0.2, 0) is 6.42 Å². The third-order valence-electron chi connectivity index (χ3n) is 3.16. The van der Waals surface area contributed by atoms with Crippen LogP contribution < -0.4 is 4.74 Å². The molecule has 0 radical (unpaired) electrons. The average molecular weight is 367 g/mol. The summed E-state index contributed by atoms with van der Waals surface area (Å²) in [5.41, 5.74) is 3.14. The van der Waals surface area contributed by atoms with Crippen molar-refractivity contribution in [1.82, 2.24) is 9.97 Å². The zero-order chi connectivity index (χ0) is 15.6. The summed E-state index contributed by atoms with van der Waals surface area (Å²) in [5, 5.41) is 0. The summed E-state index contributed by atoms with van der Waals surface area (Å²) >= 11 is 8.90. The van der Waals surface area contributed by atoms with Crippen LogP contribution in [0.15, 0.2) is 22.7 Å². The molecule has 0 saturated carbocycles. The Labute approximate surface area is 138 Å². The molecule has 0 saturated heterocycles. The van der Waals surface area contributed by atoms with Crippen LogP contribution in [-0.4, -0.2) is 17.1 Å². The Balaban J connectivity index is 2.59. The monoisotopic (exact) mass is 366 g/mol. The van der Waals surface area contributed by atoms with Gasteiger partial charge in [-0.05, 0) is 52.9 Å². The molecule has 0 unspecified atom stereocenters. The lowest BCUT2D eigenvalue weighted by atomic mass is 10.1. The summed E-state index contributed by atoms with van der Waals surface area (Å²) in [5.74, 6) is 2.07. The molecule has 0 atom stereocenters. The van der Waals surface area contributed by atoms with Crippen LogP contribution >= 0.6 is 28.1 Å². The highest BCUT2D eigenvalue weighted by Crippen LogP contribution is 2.30. The highest BCUT2D eigenvalue weighted by Gasteiger charge is 2.13. The molecule has 0 aliphatic carbocycles. The van der Waals surface area contributed by atoms with Gasteiger partial charge in [-0.1, -0.05) is 32.1 Å². The molecule has 5 heteroatoms. The van der Waals surface area contributed by atoms with Gasteiger partial charge < -0.3 is 9.72 Å². The Kier molecular flexibility index (Phi) is 5.17. The third-order valence-corrected chi connectivity index (χ3v) is 4.57. The molecule has 0 aliphatic heterocycles. The number of H-pyrrole nitrogens is 1. The predicted molar refractivity (Wildman–Crippen MR) is 92.4 cm³/mol. The lowest BCUT2D eigenvalue weighted by Crippen LogP contribution is -2.03. The molecular formula is C16H19BrN2OS. The number of nitrogens with one attached hydrogen (secondary N) is 1. The van der Waals surface area contributed by atoms with Crippen LogP contribution in [0.1, 0.15) is 25.1 Å². The van der Waals surface area contributed by atoms with E-state index in [2.05, 4.69) is 39.7 Å². The molecule has 0 aliphatic rings. The Morgan fingerprint density at radius 1 is 1.38 bits per heavy atom. The first kappa shape index (κ1) is 16.2. The van der Waals surface area contributed by atoms with Gasteiger partial charge in [-0.15, -0.1) is 0 Å². The van der Waals surface area contributed by atoms with Crippen molar-refractivity contribution < 1.29 is 4.74 Å². The van der Waals surface area contributed by atoms with Gasteiger partial charge in [0.15, 0.2) is 0 Å². The molecule has 1 heterocycles. The number of nitrogens with zero attached hydrogens (tertiary/aromatic N) is 1. The summed E-state index contributed by atoms with van der Waals surface area (Å²) in [7, 11) is 1.67. The molecule has 0 spiro atoms. The van der Waals surface area contributed by atoms with E-state index >= 15 is 0 Å². The van der Waals surface area contributed by atoms with Gasteiger partial charge in [-0.3, -0.25) is 0 Å². The van der Waals surface area contributed by atoms with E-state index in [0.717, 1.165) is 39.3 Å². The normalized spacial score (nSPS) is 11.0. The van der Waals surface area contributed by atoms with Crippen molar-refractivity contribution in [2.75, 3.05) is 7.11 Å². The van der Waals surface area contributed by atoms with Crippen LogP contribution in [0.5, 0.6) is 5.75 Å². The molecular weight excluding hydrogens is 348 g/mol. The summed E-state index contributed by atoms with van der Waals surface area (Å²) < 4.78 is 6.91. The molecule has 1 aromatic carbocycles. The van der Waals surface area contributed by atoms with Crippen molar-refractivity contribution in [3.8, 4) is 17.1 Å². The van der Waals surface area contributed by atoms with Crippen molar-refractivity contribution in [2.24, 2.45) is 5.92 Å². The van der Waals surface area contributed by atoms with Gasteiger partial charge in [0.2, 0.25) is 0 Å². The Bertz CT molecular complexity index is 710. The SMILES string of the molecule is COc1cc(C)ccc1-c1nc(=S)c(Br)c(CC(C)C)[nH]1. The van der Waals surface area contributed by atoms with E-state index in [4.69, 9.17) is 17.0 Å². The lowest BCUT2D eigenvalue weighted by molar-refractivity contribution is 0.416. The highest BCUT2D eigenvalue weighted by atomic mass is 79.9. The summed E-state index contributed by atoms with van der Waals surface area (Å²) in [6, 6.07) is 6.05. The van der Waals surface area contributed by atoms with Crippen molar-refractivity contribution in [1.29, 1.82) is 0 Å². The fraction of sp³-hybridized carbons (Fsp3) is 0.375. The Morgan fingerprint density at radius 2 is 2.10 bits per heavy atom. The first-order valence-electron chi connectivity index (χ1n) is 6.86. The maximum absolute atomic E-state index is 5.47. The molecule has 0 fully saturated rings. The quantitative estimate of drug-likeness (QED) is 0.766. The maximum atomic E-state index is 5.47. The molecule has 3 nitrogen and oxygen atoms in total. The smallest absolute Gasteiger partial charge is 0.144 e. The Hall–Kier alpha value is -1.20. The number of halogens is 1. The van der Waals surface area contributed by atoms with Gasteiger partial charge in [0.1, 0.15) is 16.2 Å². The van der Waals surface area contributed by atoms with E-state index in [0.29, 0.717) is 10.6 Å². The topological polar surface area (TPSA) is 37.9 Å². The van der Waals surface area contributed by atoms with Gasteiger partial charge in [0.25, 0.3) is 0 Å². The van der Waals surface area contributed by atoms with E-state index in [1.165, 1.54) is 0 Å². The second-order valence-electron chi connectivity index (χ2n) is 5.48. The van der Waals surface area contributed by atoms with Gasteiger partial charge in [-0.2, -0.15) is 0 Å². The molecule has 0 amide bonds. The zero-order valence-electron chi connectivity index (χ0n) is 12.7. The number of aryl methyl sites for hydroxylation is 1. The van der Waals surface area contributed by atoms with Crippen LogP contribution in [0.25, 0.3) is 11.4 Å². The van der Waals surface area contributed by atoms with E-state index in [-0.39, 0.29) is 0 Å². The predicted octanol–water partition coefficient (Wildman–Crippen LogP) is 5.08. The minimum atomic E-state index is 0.530. The number of hydrogen-bond donors (Lipinski definition) is 1. The second-order valence-corrected chi connectivity index (χ2v) is 6.66. The van der Waals surface area contributed by atoms with E-state index < -0.39 is 0 Å². The standard InChI is InChI=1S/C16H19BrN2OS/c1-9(2)7-12-14(17)16(21)19-15(18-12)11-6-5-10(3)8-13(11)20-4/h5-6,8-9H,7H2,1-4H3,(H,18,19,21). The van der Waals surface area contributed by atoms with E-state index in [1.807, 2.05) is 25.1 Å². The summed E-state index contributed by atoms with van der Waals surface area (Å²) in [6.45, 7) is 6.39. The fourth-order valence-electron chi connectivity index (χ4n) is 2.18. The molecule has 1 N–H and O–H groups in total. The first-order chi connectivity index (χ1) is 9.92. The van der Waals surface area contributed by atoms with Gasteiger partial charge in [-0.25, -0.2) is 4.98 Å². The van der Waals surface area contributed by atoms with E-state index in [1.54, 1.807) is 7.11 Å². The molecule has 0 bridgehead atoms. The Morgan fingerprint density at radius 3 is 2.71 bits per heavy atom. The summed E-state index contributed by atoms with van der Waals surface area (Å²) in [6.07, 6.45) is 0.911. The van der Waals surface area contributed by atoms with Crippen LogP contribution in [0.4, 0.5) is 0 Å². The minimum absolute atomic E-state index is 0.530. The number of rotatable bonds is 4. The summed E-state index contributed by atoms with van der Waals surface area (Å²) in [4.78, 5) is 7.87. The minimum Gasteiger partial charge on any atom is -0.496 e. The van der Waals surface area contributed by atoms with Gasteiger partial charge in [0.05, 0.1) is 17.1 Å². The number of ether oxygens (including phenoxy) is 1. The third kappa shape index (κ3) is 3.71. The van der Waals surface area contributed by atoms with Gasteiger partial charge >= 0.3 is 0 Å². The number of hydrogen-bond acceptors (Lipinski definition) is 3. The number of methoxy groups -OCH3 is 1. The van der Waals surface area contributed by atoms with Crippen LogP contribution in [0.2, 0.25) is 0 Å². The molecule has 21 heavy (non-hydrogen) atoms. The lowest BCUT2D eigenvalue weighted by Gasteiger charge is -2.13. The van der Waals surface area contributed by atoms with Crippen molar-refractivity contribution in [3.05, 3.63) is 38.6 Å². The molecule has 2 aromatic rings. The molecule has 1 aromatic heterocycles. The number of benzene rings is 1. The van der Waals surface area contributed by atoms with Crippen molar-refractivity contribution in [3.63, 3.8) is 0 Å². The zero-order valence-corrected chi connectivity index (χ0v) is 15.1. The van der Waals surface area contributed by atoms with Crippen molar-refractivity contribution >= 4 is 28.1 Å². The highest BCUT2D eigenvalue weighted by molar-refractivity contribution is 9.10. The van der Waals surface area contributed by atoms with Gasteiger partial charge in [0, 0.05) is 5.69 Å². The van der Waals surface area contributed by atoms with Crippen LogP contribution in [0, 0.1) is 17.5 Å². The average Bonchev–Trinajstić information content (AvgIpc) is 2.43. The van der Waals surface area contributed by atoms with Crippen molar-refractivity contribution in [2.45, 2.75) is 27.2 Å². The fourth-order valence-corrected chi connectivity index (χ4v) is 2.74. The number of aromatic nitrogens is 2. The molecule has 2 rings (SSSR count). The largest absolute Gasteiger partial charge is 0.496 e. The first-order valence-corrected chi connectivity index (χ1v) is 8.06. The number of aromatic amines is 1. The van der Waals surface area contributed by atoms with Crippen LogP contribution in [0.3, 0.4) is 0 Å². The second kappa shape index (κ2) is 6.71. The maximum Gasteiger partial charge on any atom is 0.144 e.